The van der Waals surface area contributed by atoms with Crippen LogP contribution in [0.5, 0.6) is 0 Å². The fourth-order valence-corrected chi connectivity index (χ4v) is 2.59. The first-order valence-electron chi connectivity index (χ1n) is 5.29. The van der Waals surface area contributed by atoms with Crippen molar-refractivity contribution in [3.8, 4) is 0 Å². The Bertz CT molecular complexity index is 275. The molecule has 1 aromatic rings. The van der Waals surface area contributed by atoms with Gasteiger partial charge >= 0.3 is 0 Å². The van der Waals surface area contributed by atoms with Gasteiger partial charge in [0.2, 0.25) is 0 Å². The lowest BCUT2D eigenvalue weighted by atomic mass is 9.75. The first kappa shape index (κ1) is 8.80. The monoisotopic (exact) mass is 174 g/mol. The highest BCUT2D eigenvalue weighted by Crippen LogP contribution is 2.44. The molecule has 1 aliphatic carbocycles. The summed E-state index contributed by atoms with van der Waals surface area (Å²) in [5.41, 5.74) is 1.97. The second-order valence-electron chi connectivity index (χ2n) is 4.58. The van der Waals surface area contributed by atoms with Gasteiger partial charge in [-0.3, -0.25) is 0 Å². The maximum Gasteiger partial charge on any atom is -0.00497 e. The zero-order valence-corrected chi connectivity index (χ0v) is 8.59. The largest absolute Gasteiger partial charge is 0.0622 e. The lowest BCUT2D eigenvalue weighted by Crippen LogP contribution is -2.24. The van der Waals surface area contributed by atoms with Crippen LogP contribution in [0, 0.1) is 5.92 Å². The molecule has 0 N–H and O–H groups in total. The lowest BCUT2D eigenvalue weighted by Gasteiger charge is -2.29. The van der Waals surface area contributed by atoms with Crippen LogP contribution >= 0.6 is 0 Å². The molecule has 70 valence electrons. The molecule has 2 atom stereocenters. The highest BCUT2D eigenvalue weighted by molar-refractivity contribution is 5.26. The average molecular weight is 174 g/mol. The number of benzene rings is 1. The zero-order chi connectivity index (χ0) is 9.31. The molecule has 0 amide bonds. The Morgan fingerprint density at radius 1 is 1.23 bits per heavy atom. The van der Waals surface area contributed by atoms with Gasteiger partial charge in [0, 0.05) is 0 Å². The van der Waals surface area contributed by atoms with E-state index in [1.807, 2.05) is 0 Å². The Morgan fingerprint density at radius 2 is 1.92 bits per heavy atom. The van der Waals surface area contributed by atoms with E-state index >= 15 is 0 Å². The van der Waals surface area contributed by atoms with Gasteiger partial charge in [0.25, 0.3) is 0 Å². The molecule has 1 fully saturated rings. The van der Waals surface area contributed by atoms with E-state index in [0.29, 0.717) is 5.41 Å². The first-order chi connectivity index (χ1) is 6.23. The van der Waals surface area contributed by atoms with Gasteiger partial charge in [-0.15, -0.1) is 0 Å². The van der Waals surface area contributed by atoms with E-state index in [1.54, 1.807) is 0 Å². The summed E-state index contributed by atoms with van der Waals surface area (Å²) in [5.74, 6) is 0.842. The summed E-state index contributed by atoms with van der Waals surface area (Å²) in [5, 5.41) is 0. The van der Waals surface area contributed by atoms with Crippen LogP contribution in [0.4, 0.5) is 0 Å². The quantitative estimate of drug-likeness (QED) is 0.608. The van der Waals surface area contributed by atoms with E-state index in [1.165, 1.54) is 24.8 Å². The summed E-state index contributed by atoms with van der Waals surface area (Å²) in [6.07, 6.45) is 4.15. The third-order valence-corrected chi connectivity index (χ3v) is 3.85. The van der Waals surface area contributed by atoms with Crippen LogP contribution < -0.4 is 0 Å². The van der Waals surface area contributed by atoms with Gasteiger partial charge in [-0.05, 0) is 29.7 Å². The standard InChI is InChI=1S/C13H18/c1-11-7-6-10-13(11,2)12-8-4-3-5-9-12/h3-5,8-9,11H,6-7,10H2,1-2H3/t11-,13+/m0/s1. The summed E-state index contributed by atoms with van der Waals surface area (Å²) in [6, 6.07) is 11.0. The molecule has 0 unspecified atom stereocenters. The van der Waals surface area contributed by atoms with Crippen LogP contribution in [-0.2, 0) is 5.41 Å². The molecule has 1 aromatic carbocycles. The van der Waals surface area contributed by atoms with Crippen molar-refractivity contribution in [1.82, 2.24) is 0 Å². The van der Waals surface area contributed by atoms with Crippen molar-refractivity contribution in [3.05, 3.63) is 35.9 Å². The van der Waals surface area contributed by atoms with Crippen LogP contribution in [0.2, 0.25) is 0 Å². The fourth-order valence-electron chi connectivity index (χ4n) is 2.59. The summed E-state index contributed by atoms with van der Waals surface area (Å²) in [6.45, 7) is 4.81. The van der Waals surface area contributed by atoms with Gasteiger partial charge in [-0.25, -0.2) is 0 Å². The predicted molar refractivity (Wildman–Crippen MR) is 56.8 cm³/mol. The second kappa shape index (κ2) is 3.17. The molecule has 1 aliphatic rings. The third kappa shape index (κ3) is 1.39. The lowest BCUT2D eigenvalue weighted by molar-refractivity contribution is 0.371. The molecule has 0 bridgehead atoms. The Hall–Kier alpha value is -0.780. The zero-order valence-electron chi connectivity index (χ0n) is 8.59. The van der Waals surface area contributed by atoms with E-state index < -0.39 is 0 Å². The normalized spacial score (nSPS) is 33.5. The molecular weight excluding hydrogens is 156 g/mol. The maximum absolute atomic E-state index is 2.42. The molecule has 0 heterocycles. The van der Waals surface area contributed by atoms with E-state index in [2.05, 4.69) is 44.2 Å². The van der Waals surface area contributed by atoms with Crippen molar-refractivity contribution in [2.24, 2.45) is 5.92 Å². The van der Waals surface area contributed by atoms with E-state index in [-0.39, 0.29) is 0 Å². The predicted octanol–water partition coefficient (Wildman–Crippen LogP) is 3.76. The number of hydrogen-bond acceptors (Lipinski definition) is 0. The van der Waals surface area contributed by atoms with Gasteiger partial charge in [-0.1, -0.05) is 50.6 Å². The Kier molecular flexibility index (Phi) is 2.15. The smallest absolute Gasteiger partial charge is 0.00497 e. The van der Waals surface area contributed by atoms with E-state index in [9.17, 15) is 0 Å². The minimum Gasteiger partial charge on any atom is -0.0622 e. The van der Waals surface area contributed by atoms with E-state index in [4.69, 9.17) is 0 Å². The van der Waals surface area contributed by atoms with Crippen molar-refractivity contribution >= 4 is 0 Å². The molecule has 0 aromatic heterocycles. The number of rotatable bonds is 1. The van der Waals surface area contributed by atoms with Crippen molar-refractivity contribution in [2.75, 3.05) is 0 Å². The molecule has 0 saturated heterocycles. The molecule has 0 nitrogen and oxygen atoms in total. The van der Waals surface area contributed by atoms with Gasteiger partial charge in [0.15, 0.2) is 0 Å². The van der Waals surface area contributed by atoms with Crippen LogP contribution in [0.3, 0.4) is 0 Å². The minimum absolute atomic E-state index is 0.446. The Morgan fingerprint density at radius 3 is 2.46 bits per heavy atom. The third-order valence-electron chi connectivity index (χ3n) is 3.85. The summed E-state index contributed by atoms with van der Waals surface area (Å²) in [7, 11) is 0. The first-order valence-corrected chi connectivity index (χ1v) is 5.29. The average Bonchev–Trinajstić information content (AvgIpc) is 2.50. The number of hydrogen-bond donors (Lipinski definition) is 0. The highest BCUT2D eigenvalue weighted by atomic mass is 14.4. The maximum atomic E-state index is 2.42. The molecule has 13 heavy (non-hydrogen) atoms. The Labute approximate surface area is 81.0 Å². The van der Waals surface area contributed by atoms with Crippen LogP contribution in [0.25, 0.3) is 0 Å². The molecule has 0 radical (unpaired) electrons. The molecule has 0 spiro atoms. The van der Waals surface area contributed by atoms with E-state index in [0.717, 1.165) is 5.92 Å². The topological polar surface area (TPSA) is 0 Å². The van der Waals surface area contributed by atoms with Crippen LogP contribution in [0.1, 0.15) is 38.7 Å². The Balaban J connectivity index is 2.34. The van der Waals surface area contributed by atoms with Crippen molar-refractivity contribution in [3.63, 3.8) is 0 Å². The highest BCUT2D eigenvalue weighted by Gasteiger charge is 2.36. The minimum atomic E-state index is 0.446. The molecule has 2 rings (SSSR count). The summed E-state index contributed by atoms with van der Waals surface area (Å²) < 4.78 is 0. The van der Waals surface area contributed by atoms with Crippen LogP contribution in [0.15, 0.2) is 30.3 Å². The molecule has 0 aliphatic heterocycles. The fraction of sp³-hybridized carbons (Fsp3) is 0.538. The molecule has 1 saturated carbocycles. The second-order valence-corrected chi connectivity index (χ2v) is 4.58. The SMILES string of the molecule is C[C@H]1CCC[C@@]1(C)c1ccccc1. The van der Waals surface area contributed by atoms with Crippen LogP contribution in [-0.4, -0.2) is 0 Å². The van der Waals surface area contributed by atoms with Crippen molar-refractivity contribution in [2.45, 2.75) is 38.5 Å². The van der Waals surface area contributed by atoms with Crippen molar-refractivity contribution < 1.29 is 0 Å². The molecular formula is C13H18. The molecule has 0 heteroatoms. The van der Waals surface area contributed by atoms with Gasteiger partial charge in [-0.2, -0.15) is 0 Å². The summed E-state index contributed by atoms with van der Waals surface area (Å²) in [4.78, 5) is 0. The van der Waals surface area contributed by atoms with Gasteiger partial charge in [0.05, 0.1) is 0 Å². The summed E-state index contributed by atoms with van der Waals surface area (Å²) >= 11 is 0. The van der Waals surface area contributed by atoms with Gasteiger partial charge in [0.1, 0.15) is 0 Å². The van der Waals surface area contributed by atoms with Crippen molar-refractivity contribution in [1.29, 1.82) is 0 Å². The van der Waals surface area contributed by atoms with Gasteiger partial charge < -0.3 is 0 Å².